The third-order valence-electron chi connectivity index (χ3n) is 2.67. The zero-order valence-electron chi connectivity index (χ0n) is 11.4. The lowest BCUT2D eigenvalue weighted by Gasteiger charge is -2.19. The molecule has 0 saturated heterocycles. The second-order valence-electron chi connectivity index (χ2n) is 3.97. The van der Waals surface area contributed by atoms with E-state index in [1.807, 2.05) is 0 Å². The normalized spacial score (nSPS) is 11.4. The Balaban J connectivity index is 3.33. The Morgan fingerprint density at radius 2 is 2.19 bits per heavy atom. The molecular formula is C12H16N2O6S. The van der Waals surface area contributed by atoms with Gasteiger partial charge in [-0.15, -0.1) is 6.58 Å². The van der Waals surface area contributed by atoms with Gasteiger partial charge in [0.05, 0.1) is 23.5 Å². The minimum absolute atomic E-state index is 0.0112. The number of benzene rings is 1. The quantitative estimate of drug-likeness (QED) is 0.431. The SMILES string of the molecule is C=CCN(CCO)S(=O)(=O)c1ccc(OC)c([N+](=O)[O-])c1. The number of nitrogens with zero attached hydrogens (tertiary/aromatic N) is 2. The smallest absolute Gasteiger partial charge is 0.312 e. The van der Waals surface area contributed by atoms with Crippen LogP contribution >= 0.6 is 0 Å². The van der Waals surface area contributed by atoms with Gasteiger partial charge in [-0.3, -0.25) is 10.1 Å². The summed E-state index contributed by atoms with van der Waals surface area (Å²) in [6.07, 6.45) is 1.37. The van der Waals surface area contributed by atoms with Crippen LogP contribution < -0.4 is 4.74 Å². The van der Waals surface area contributed by atoms with Crippen molar-refractivity contribution in [2.45, 2.75) is 4.90 Å². The van der Waals surface area contributed by atoms with E-state index in [0.29, 0.717) is 0 Å². The van der Waals surface area contributed by atoms with Gasteiger partial charge in [0.2, 0.25) is 10.0 Å². The van der Waals surface area contributed by atoms with Gasteiger partial charge in [0.15, 0.2) is 5.75 Å². The van der Waals surface area contributed by atoms with E-state index in [0.717, 1.165) is 10.4 Å². The first-order valence-corrected chi connectivity index (χ1v) is 7.36. The standard InChI is InChI=1S/C12H16N2O6S/c1-3-6-13(7-8-15)21(18,19)10-4-5-12(20-2)11(9-10)14(16)17/h3-5,9,15H,1,6-8H2,2H3. The zero-order valence-corrected chi connectivity index (χ0v) is 12.2. The van der Waals surface area contributed by atoms with Crippen molar-refractivity contribution in [2.24, 2.45) is 0 Å². The third-order valence-corrected chi connectivity index (χ3v) is 4.53. The molecule has 0 aromatic heterocycles. The molecule has 0 heterocycles. The minimum Gasteiger partial charge on any atom is -0.490 e. The highest BCUT2D eigenvalue weighted by atomic mass is 32.2. The first-order valence-electron chi connectivity index (χ1n) is 5.92. The molecule has 0 aliphatic carbocycles. The molecular weight excluding hydrogens is 300 g/mol. The van der Waals surface area contributed by atoms with E-state index in [9.17, 15) is 18.5 Å². The Labute approximate surface area is 122 Å². The fraction of sp³-hybridized carbons (Fsp3) is 0.333. The first-order chi connectivity index (χ1) is 9.88. The van der Waals surface area contributed by atoms with Crippen LogP contribution in [-0.2, 0) is 10.0 Å². The van der Waals surface area contributed by atoms with Crippen LogP contribution in [0.25, 0.3) is 0 Å². The topological polar surface area (TPSA) is 110 Å². The average molecular weight is 316 g/mol. The minimum atomic E-state index is -3.96. The van der Waals surface area contributed by atoms with Crippen LogP contribution in [0.2, 0.25) is 0 Å². The van der Waals surface area contributed by atoms with Gasteiger partial charge >= 0.3 is 5.69 Å². The molecule has 1 rings (SSSR count). The summed E-state index contributed by atoms with van der Waals surface area (Å²) in [5.41, 5.74) is -0.443. The van der Waals surface area contributed by atoms with Gasteiger partial charge in [-0.25, -0.2) is 8.42 Å². The van der Waals surface area contributed by atoms with E-state index in [1.165, 1.54) is 25.3 Å². The molecule has 0 spiro atoms. The molecule has 0 amide bonds. The fourth-order valence-corrected chi connectivity index (χ4v) is 3.11. The zero-order chi connectivity index (χ0) is 16.0. The average Bonchev–Trinajstić information content (AvgIpc) is 2.46. The number of nitro groups is 1. The van der Waals surface area contributed by atoms with Crippen LogP contribution in [0, 0.1) is 10.1 Å². The summed E-state index contributed by atoms with van der Waals surface area (Å²) in [6, 6.07) is 3.37. The van der Waals surface area contributed by atoms with Crippen molar-refractivity contribution < 1.29 is 23.2 Å². The maximum absolute atomic E-state index is 12.4. The van der Waals surface area contributed by atoms with Crippen LogP contribution in [-0.4, -0.2) is 49.6 Å². The number of aliphatic hydroxyl groups excluding tert-OH is 1. The molecule has 1 aromatic rings. The summed E-state index contributed by atoms with van der Waals surface area (Å²) >= 11 is 0. The number of hydrogen-bond donors (Lipinski definition) is 1. The maximum atomic E-state index is 12.4. The van der Waals surface area contributed by atoms with Crippen LogP contribution in [0.15, 0.2) is 35.7 Å². The number of aliphatic hydroxyl groups is 1. The van der Waals surface area contributed by atoms with Gasteiger partial charge in [0.25, 0.3) is 0 Å². The highest BCUT2D eigenvalue weighted by Gasteiger charge is 2.26. The lowest BCUT2D eigenvalue weighted by atomic mass is 10.3. The molecule has 0 bridgehead atoms. The molecule has 0 saturated carbocycles. The molecule has 0 unspecified atom stereocenters. The largest absolute Gasteiger partial charge is 0.490 e. The molecule has 21 heavy (non-hydrogen) atoms. The predicted octanol–water partition coefficient (Wildman–Crippen LogP) is 0.772. The number of methoxy groups -OCH3 is 1. The first kappa shape index (κ1) is 17.1. The monoisotopic (exact) mass is 316 g/mol. The Morgan fingerprint density at radius 1 is 1.52 bits per heavy atom. The predicted molar refractivity (Wildman–Crippen MR) is 75.7 cm³/mol. The summed E-state index contributed by atoms with van der Waals surface area (Å²) in [4.78, 5) is 9.98. The molecule has 0 fully saturated rings. The van der Waals surface area contributed by atoms with E-state index in [2.05, 4.69) is 6.58 Å². The van der Waals surface area contributed by atoms with Crippen molar-refractivity contribution >= 4 is 15.7 Å². The van der Waals surface area contributed by atoms with Crippen molar-refractivity contribution in [2.75, 3.05) is 26.8 Å². The molecule has 9 heteroatoms. The van der Waals surface area contributed by atoms with Crippen LogP contribution in [0.5, 0.6) is 5.75 Å². The van der Waals surface area contributed by atoms with Gasteiger partial charge in [0, 0.05) is 19.2 Å². The Morgan fingerprint density at radius 3 is 2.67 bits per heavy atom. The fourth-order valence-electron chi connectivity index (χ4n) is 1.69. The summed E-state index contributed by atoms with van der Waals surface area (Å²) in [6.45, 7) is 2.94. The Bertz CT molecular complexity index is 629. The van der Waals surface area contributed by atoms with Gasteiger partial charge < -0.3 is 9.84 Å². The second kappa shape index (κ2) is 7.16. The number of ether oxygens (including phenoxy) is 1. The van der Waals surface area contributed by atoms with E-state index in [1.54, 1.807) is 0 Å². The lowest BCUT2D eigenvalue weighted by Crippen LogP contribution is -2.33. The van der Waals surface area contributed by atoms with Crippen molar-refractivity contribution in [1.82, 2.24) is 4.31 Å². The van der Waals surface area contributed by atoms with Gasteiger partial charge in [-0.05, 0) is 12.1 Å². The molecule has 0 atom stereocenters. The van der Waals surface area contributed by atoms with E-state index in [4.69, 9.17) is 9.84 Å². The molecule has 0 radical (unpaired) electrons. The highest BCUT2D eigenvalue weighted by molar-refractivity contribution is 7.89. The summed E-state index contributed by atoms with van der Waals surface area (Å²) in [5.74, 6) is -0.0311. The van der Waals surface area contributed by atoms with Gasteiger partial charge in [-0.2, -0.15) is 4.31 Å². The molecule has 8 nitrogen and oxygen atoms in total. The van der Waals surface area contributed by atoms with Crippen LogP contribution in [0.4, 0.5) is 5.69 Å². The Hall–Kier alpha value is -1.97. The second-order valence-corrected chi connectivity index (χ2v) is 5.90. The van der Waals surface area contributed by atoms with Gasteiger partial charge in [0.1, 0.15) is 0 Å². The summed E-state index contributed by atoms with van der Waals surface area (Å²) in [5, 5.41) is 19.9. The van der Waals surface area contributed by atoms with Gasteiger partial charge in [-0.1, -0.05) is 6.08 Å². The number of hydrogen-bond acceptors (Lipinski definition) is 6. The van der Waals surface area contributed by atoms with E-state index < -0.39 is 20.6 Å². The van der Waals surface area contributed by atoms with Crippen molar-refractivity contribution in [3.8, 4) is 5.75 Å². The summed E-state index contributed by atoms with van der Waals surface area (Å²) < 4.78 is 30.6. The third kappa shape index (κ3) is 3.78. The maximum Gasteiger partial charge on any atom is 0.312 e. The molecule has 0 aliphatic rings. The van der Waals surface area contributed by atoms with E-state index in [-0.39, 0.29) is 30.3 Å². The van der Waals surface area contributed by atoms with Crippen molar-refractivity contribution in [3.05, 3.63) is 41.0 Å². The van der Waals surface area contributed by atoms with Crippen LogP contribution in [0.1, 0.15) is 0 Å². The van der Waals surface area contributed by atoms with Crippen molar-refractivity contribution in [3.63, 3.8) is 0 Å². The number of rotatable bonds is 8. The molecule has 1 aromatic carbocycles. The molecule has 1 N–H and O–H groups in total. The lowest BCUT2D eigenvalue weighted by molar-refractivity contribution is -0.386. The number of sulfonamides is 1. The highest BCUT2D eigenvalue weighted by Crippen LogP contribution is 2.30. The number of nitro benzene ring substituents is 1. The molecule has 116 valence electrons. The summed E-state index contributed by atoms with van der Waals surface area (Å²) in [7, 11) is -2.71. The van der Waals surface area contributed by atoms with E-state index >= 15 is 0 Å². The van der Waals surface area contributed by atoms with Crippen LogP contribution in [0.3, 0.4) is 0 Å². The van der Waals surface area contributed by atoms with Crippen molar-refractivity contribution in [1.29, 1.82) is 0 Å². The Kier molecular flexibility index (Phi) is 5.82. The molecule has 0 aliphatic heterocycles.